The average Bonchev–Trinajstić information content (AvgIpc) is 2.78. The van der Waals surface area contributed by atoms with E-state index in [0.717, 1.165) is 11.0 Å². The van der Waals surface area contributed by atoms with Gasteiger partial charge in [-0.25, -0.2) is 9.59 Å². The van der Waals surface area contributed by atoms with Gasteiger partial charge in [0.1, 0.15) is 24.0 Å². The second kappa shape index (κ2) is 6.72. The quantitative estimate of drug-likeness (QED) is 0.510. The molecule has 6 heteroatoms. The van der Waals surface area contributed by atoms with Crippen LogP contribution in [0.25, 0.3) is 11.0 Å². The lowest BCUT2D eigenvalue weighted by atomic mass is 9.99. The third-order valence-electron chi connectivity index (χ3n) is 4.16. The molecular formula is C19H20O6. The third kappa shape index (κ3) is 4.09. The van der Waals surface area contributed by atoms with Crippen molar-refractivity contribution in [1.29, 1.82) is 0 Å². The van der Waals surface area contributed by atoms with Crippen LogP contribution in [0.1, 0.15) is 26.7 Å². The van der Waals surface area contributed by atoms with Crippen LogP contribution >= 0.6 is 0 Å². The summed E-state index contributed by atoms with van der Waals surface area (Å²) < 4.78 is 15.9. The number of aliphatic hydroxyl groups is 1. The zero-order chi connectivity index (χ0) is 18.0. The summed E-state index contributed by atoms with van der Waals surface area (Å²) >= 11 is 0. The number of ether oxygens (including phenoxy) is 2. The van der Waals surface area contributed by atoms with Crippen molar-refractivity contribution in [3.8, 4) is 5.75 Å². The van der Waals surface area contributed by atoms with E-state index in [1.807, 2.05) is 19.1 Å². The predicted octanol–water partition coefficient (Wildman–Crippen LogP) is 2.57. The molecule has 132 valence electrons. The number of carbonyl (C=O) groups is 1. The van der Waals surface area contributed by atoms with E-state index in [9.17, 15) is 14.7 Å². The second-order valence-corrected chi connectivity index (χ2v) is 6.52. The molecule has 0 amide bonds. The highest BCUT2D eigenvalue weighted by molar-refractivity contribution is 5.81. The molecule has 25 heavy (non-hydrogen) atoms. The number of benzene rings is 1. The van der Waals surface area contributed by atoms with Crippen molar-refractivity contribution in [2.75, 3.05) is 6.61 Å². The molecule has 1 N–H and O–H groups in total. The van der Waals surface area contributed by atoms with Gasteiger partial charge in [-0.1, -0.05) is 5.57 Å². The number of fused-ring (bicyclic) bond motifs is 1. The molecule has 1 aromatic heterocycles. The van der Waals surface area contributed by atoms with Gasteiger partial charge in [0.2, 0.25) is 0 Å². The first kappa shape index (κ1) is 17.2. The van der Waals surface area contributed by atoms with Crippen LogP contribution in [0.5, 0.6) is 5.75 Å². The summed E-state index contributed by atoms with van der Waals surface area (Å²) in [6.07, 6.45) is 2.43. The number of cyclic esters (lactones) is 1. The van der Waals surface area contributed by atoms with Gasteiger partial charge in [0, 0.05) is 30.4 Å². The van der Waals surface area contributed by atoms with Crippen molar-refractivity contribution in [2.24, 2.45) is 0 Å². The lowest BCUT2D eigenvalue weighted by Crippen LogP contribution is -2.29. The fourth-order valence-electron chi connectivity index (χ4n) is 2.81. The lowest BCUT2D eigenvalue weighted by molar-refractivity contribution is -0.153. The van der Waals surface area contributed by atoms with Gasteiger partial charge in [-0.05, 0) is 38.1 Å². The monoisotopic (exact) mass is 344 g/mol. The summed E-state index contributed by atoms with van der Waals surface area (Å²) in [7, 11) is 0. The standard InChI is InChI=1S/C19H20O6/c1-12(9-15-11-19(2,22)18(21)24-15)7-8-23-14-5-3-13-4-6-17(20)25-16(13)10-14/h3-7,10,15,22H,8-9,11H2,1-2H3/b12-7+. The molecule has 1 aliphatic rings. The first-order valence-corrected chi connectivity index (χ1v) is 8.09. The normalized spacial score (nSPS) is 23.7. The number of hydrogen-bond acceptors (Lipinski definition) is 6. The number of rotatable bonds is 5. The summed E-state index contributed by atoms with van der Waals surface area (Å²) in [6.45, 7) is 3.73. The molecule has 2 atom stereocenters. The van der Waals surface area contributed by atoms with Gasteiger partial charge in [-0.2, -0.15) is 0 Å². The molecule has 2 heterocycles. The van der Waals surface area contributed by atoms with Crippen LogP contribution in [0.4, 0.5) is 0 Å². The number of hydrogen-bond donors (Lipinski definition) is 1. The molecule has 1 aliphatic heterocycles. The molecule has 1 saturated heterocycles. The summed E-state index contributed by atoms with van der Waals surface area (Å²) in [5.41, 5.74) is -0.313. The van der Waals surface area contributed by atoms with E-state index >= 15 is 0 Å². The molecule has 2 unspecified atom stereocenters. The van der Waals surface area contributed by atoms with Gasteiger partial charge in [0.15, 0.2) is 5.60 Å². The van der Waals surface area contributed by atoms with Gasteiger partial charge in [-0.3, -0.25) is 0 Å². The maximum atomic E-state index is 11.5. The Kier molecular flexibility index (Phi) is 4.63. The molecular weight excluding hydrogens is 324 g/mol. The minimum Gasteiger partial charge on any atom is -0.489 e. The molecule has 1 fully saturated rings. The van der Waals surface area contributed by atoms with Crippen molar-refractivity contribution in [1.82, 2.24) is 0 Å². The summed E-state index contributed by atoms with van der Waals surface area (Å²) in [4.78, 5) is 22.7. The highest BCUT2D eigenvalue weighted by Gasteiger charge is 2.43. The van der Waals surface area contributed by atoms with E-state index < -0.39 is 17.2 Å². The Labute approximate surface area is 144 Å². The van der Waals surface area contributed by atoms with Gasteiger partial charge < -0.3 is 19.0 Å². The average molecular weight is 344 g/mol. The lowest BCUT2D eigenvalue weighted by Gasteiger charge is -2.10. The summed E-state index contributed by atoms with van der Waals surface area (Å²) in [5.74, 6) is 0.0281. The number of carbonyl (C=O) groups excluding carboxylic acids is 1. The molecule has 0 radical (unpaired) electrons. The first-order chi connectivity index (χ1) is 11.8. The Morgan fingerprint density at radius 2 is 2.12 bits per heavy atom. The minimum atomic E-state index is -1.39. The van der Waals surface area contributed by atoms with Crippen molar-refractivity contribution < 1.29 is 23.8 Å². The van der Waals surface area contributed by atoms with Crippen LogP contribution in [0.3, 0.4) is 0 Å². The van der Waals surface area contributed by atoms with E-state index in [4.69, 9.17) is 13.9 Å². The van der Waals surface area contributed by atoms with Crippen LogP contribution in [-0.4, -0.2) is 29.4 Å². The van der Waals surface area contributed by atoms with Crippen molar-refractivity contribution >= 4 is 16.9 Å². The summed E-state index contributed by atoms with van der Waals surface area (Å²) in [5, 5.41) is 10.7. The second-order valence-electron chi connectivity index (χ2n) is 6.52. The molecule has 1 aromatic carbocycles. The minimum absolute atomic E-state index is 0.293. The molecule has 3 rings (SSSR count). The Hall–Kier alpha value is -2.60. The van der Waals surface area contributed by atoms with Gasteiger partial charge in [-0.15, -0.1) is 0 Å². The molecule has 0 aliphatic carbocycles. The van der Waals surface area contributed by atoms with E-state index in [1.165, 1.54) is 13.0 Å². The molecule has 0 bridgehead atoms. The maximum absolute atomic E-state index is 11.5. The Morgan fingerprint density at radius 3 is 2.84 bits per heavy atom. The number of esters is 1. The Balaban J connectivity index is 1.57. The highest BCUT2D eigenvalue weighted by atomic mass is 16.6. The summed E-state index contributed by atoms with van der Waals surface area (Å²) in [6, 6.07) is 8.39. The van der Waals surface area contributed by atoms with Gasteiger partial charge in [0.25, 0.3) is 0 Å². The highest BCUT2D eigenvalue weighted by Crippen LogP contribution is 2.28. The van der Waals surface area contributed by atoms with Crippen LogP contribution in [-0.2, 0) is 9.53 Å². The fourth-order valence-corrected chi connectivity index (χ4v) is 2.81. The fraction of sp³-hybridized carbons (Fsp3) is 0.368. The van der Waals surface area contributed by atoms with Gasteiger partial charge >= 0.3 is 11.6 Å². The zero-order valence-electron chi connectivity index (χ0n) is 14.2. The van der Waals surface area contributed by atoms with E-state index in [-0.39, 0.29) is 6.10 Å². The maximum Gasteiger partial charge on any atom is 0.338 e. The largest absolute Gasteiger partial charge is 0.489 e. The Morgan fingerprint density at radius 1 is 1.36 bits per heavy atom. The van der Waals surface area contributed by atoms with E-state index in [1.54, 1.807) is 18.2 Å². The molecule has 0 saturated carbocycles. The van der Waals surface area contributed by atoms with Crippen LogP contribution in [0.15, 0.2) is 51.2 Å². The van der Waals surface area contributed by atoms with Crippen LogP contribution in [0, 0.1) is 0 Å². The van der Waals surface area contributed by atoms with Crippen molar-refractivity contribution in [3.63, 3.8) is 0 Å². The third-order valence-corrected chi connectivity index (χ3v) is 4.16. The van der Waals surface area contributed by atoms with Crippen molar-refractivity contribution in [3.05, 3.63) is 52.4 Å². The molecule has 2 aromatic rings. The predicted molar refractivity (Wildman–Crippen MR) is 91.5 cm³/mol. The first-order valence-electron chi connectivity index (χ1n) is 8.09. The van der Waals surface area contributed by atoms with Gasteiger partial charge in [0.05, 0.1) is 0 Å². The topological polar surface area (TPSA) is 86.0 Å². The van der Waals surface area contributed by atoms with Crippen molar-refractivity contribution in [2.45, 2.75) is 38.4 Å². The molecule has 6 nitrogen and oxygen atoms in total. The van der Waals surface area contributed by atoms with Crippen LogP contribution < -0.4 is 10.4 Å². The van der Waals surface area contributed by atoms with Crippen LogP contribution in [0.2, 0.25) is 0 Å². The Bertz CT molecular complexity index is 877. The molecule has 0 spiro atoms. The SMILES string of the molecule is C/C(=C\COc1ccc2ccc(=O)oc2c1)CC1CC(C)(O)C(=O)O1. The van der Waals surface area contributed by atoms with E-state index in [0.29, 0.717) is 30.8 Å². The zero-order valence-corrected chi connectivity index (χ0v) is 14.2. The van der Waals surface area contributed by atoms with E-state index in [2.05, 4.69) is 0 Å². The smallest absolute Gasteiger partial charge is 0.338 e.